The molecule has 2 fully saturated rings. The second-order valence-electron chi connectivity index (χ2n) is 7.49. The molecule has 2 saturated heterocycles. The van der Waals surface area contributed by atoms with E-state index < -0.39 is 27.7 Å². The maximum Gasteiger partial charge on any atom is 0.243 e. The van der Waals surface area contributed by atoms with Crippen LogP contribution in [0.1, 0.15) is 19.3 Å². The van der Waals surface area contributed by atoms with E-state index in [1.807, 2.05) is 0 Å². The van der Waals surface area contributed by atoms with Gasteiger partial charge in [0.2, 0.25) is 21.8 Å². The standard InChI is InChI=1S/C21H22FN3O4S/c22-18-8-1-2-9-19(18)25-14-15(12-20(25)26)21(27)23-16-6-5-7-17(13-16)30(28,29)24-10-3-4-11-24/h1-2,5-9,13,15H,3-4,10-12,14H2,(H,23,27). The van der Waals surface area contributed by atoms with Crippen molar-refractivity contribution < 1.29 is 22.4 Å². The van der Waals surface area contributed by atoms with Crippen LogP contribution < -0.4 is 10.2 Å². The van der Waals surface area contributed by atoms with E-state index in [0.29, 0.717) is 18.8 Å². The summed E-state index contributed by atoms with van der Waals surface area (Å²) < 4.78 is 40.9. The van der Waals surface area contributed by atoms with Crippen LogP contribution in [0.25, 0.3) is 0 Å². The van der Waals surface area contributed by atoms with Crippen molar-refractivity contribution in [1.29, 1.82) is 0 Å². The molecule has 0 aliphatic carbocycles. The van der Waals surface area contributed by atoms with Gasteiger partial charge in [-0.15, -0.1) is 0 Å². The van der Waals surface area contributed by atoms with Gasteiger partial charge in [-0.05, 0) is 43.2 Å². The van der Waals surface area contributed by atoms with Crippen molar-refractivity contribution in [2.45, 2.75) is 24.2 Å². The molecule has 2 amide bonds. The summed E-state index contributed by atoms with van der Waals surface area (Å²) in [7, 11) is -3.60. The molecule has 0 saturated carbocycles. The minimum absolute atomic E-state index is 0.0358. The summed E-state index contributed by atoms with van der Waals surface area (Å²) in [6.07, 6.45) is 1.64. The molecule has 2 aliphatic heterocycles. The second kappa shape index (κ2) is 8.16. The number of hydrogen-bond acceptors (Lipinski definition) is 4. The van der Waals surface area contributed by atoms with Gasteiger partial charge in [-0.2, -0.15) is 4.31 Å². The van der Waals surface area contributed by atoms with Crippen LogP contribution >= 0.6 is 0 Å². The molecule has 0 bridgehead atoms. The van der Waals surface area contributed by atoms with Crippen molar-refractivity contribution in [3.05, 3.63) is 54.3 Å². The molecule has 2 heterocycles. The topological polar surface area (TPSA) is 86.8 Å². The highest BCUT2D eigenvalue weighted by Crippen LogP contribution is 2.28. The van der Waals surface area contributed by atoms with Gasteiger partial charge in [0, 0.05) is 31.7 Å². The Morgan fingerprint density at radius 2 is 1.80 bits per heavy atom. The highest BCUT2D eigenvalue weighted by Gasteiger charge is 2.36. The van der Waals surface area contributed by atoms with Gasteiger partial charge >= 0.3 is 0 Å². The van der Waals surface area contributed by atoms with Gasteiger partial charge in [-0.25, -0.2) is 12.8 Å². The van der Waals surface area contributed by atoms with Crippen LogP contribution in [-0.4, -0.2) is 44.2 Å². The average Bonchev–Trinajstić information content (AvgIpc) is 3.39. The minimum Gasteiger partial charge on any atom is -0.326 e. The van der Waals surface area contributed by atoms with Gasteiger partial charge in [-0.3, -0.25) is 9.59 Å². The predicted molar refractivity (Wildman–Crippen MR) is 110 cm³/mol. The number of carbonyl (C=O) groups excluding carboxylic acids is 2. The van der Waals surface area contributed by atoms with Crippen LogP contribution in [0, 0.1) is 11.7 Å². The van der Waals surface area contributed by atoms with Crippen molar-refractivity contribution in [1.82, 2.24) is 4.31 Å². The lowest BCUT2D eigenvalue weighted by Gasteiger charge is -2.18. The molecule has 1 atom stereocenters. The molecule has 2 aromatic carbocycles. The summed E-state index contributed by atoms with van der Waals surface area (Å²) >= 11 is 0. The third-order valence-electron chi connectivity index (χ3n) is 5.44. The third-order valence-corrected chi connectivity index (χ3v) is 7.34. The molecule has 2 aliphatic rings. The minimum atomic E-state index is -3.60. The molecule has 0 aromatic heterocycles. The number of carbonyl (C=O) groups is 2. The summed E-state index contributed by atoms with van der Waals surface area (Å²) in [5.41, 5.74) is 0.494. The van der Waals surface area contributed by atoms with Crippen LogP contribution in [0.5, 0.6) is 0 Å². The number of hydrogen-bond donors (Lipinski definition) is 1. The Morgan fingerprint density at radius 1 is 1.07 bits per heavy atom. The molecule has 9 heteroatoms. The molecule has 0 spiro atoms. The molecular weight excluding hydrogens is 409 g/mol. The van der Waals surface area contributed by atoms with Crippen LogP contribution in [0.4, 0.5) is 15.8 Å². The van der Waals surface area contributed by atoms with E-state index in [-0.39, 0.29) is 29.5 Å². The number of anilines is 2. The van der Waals surface area contributed by atoms with Crippen molar-refractivity contribution in [2.24, 2.45) is 5.92 Å². The number of halogens is 1. The van der Waals surface area contributed by atoms with Crippen LogP contribution in [0.15, 0.2) is 53.4 Å². The monoisotopic (exact) mass is 431 g/mol. The van der Waals surface area contributed by atoms with E-state index in [1.54, 1.807) is 18.2 Å². The van der Waals surface area contributed by atoms with Crippen LogP contribution in [0.2, 0.25) is 0 Å². The van der Waals surface area contributed by atoms with Crippen molar-refractivity contribution >= 4 is 33.2 Å². The van der Waals surface area contributed by atoms with Gasteiger partial charge in [0.1, 0.15) is 5.82 Å². The normalized spacial score (nSPS) is 20.0. The summed E-state index contributed by atoms with van der Waals surface area (Å²) in [6, 6.07) is 12.0. The fraction of sp³-hybridized carbons (Fsp3) is 0.333. The zero-order valence-electron chi connectivity index (χ0n) is 16.3. The van der Waals surface area contributed by atoms with E-state index in [2.05, 4.69) is 5.32 Å². The van der Waals surface area contributed by atoms with Crippen molar-refractivity contribution in [3.8, 4) is 0 Å². The third kappa shape index (κ3) is 3.95. The van der Waals surface area contributed by atoms with Gasteiger partial charge in [0.05, 0.1) is 16.5 Å². The first-order chi connectivity index (χ1) is 14.4. The molecule has 2 aromatic rings. The zero-order chi connectivity index (χ0) is 21.3. The molecule has 4 rings (SSSR count). The maximum atomic E-state index is 14.0. The van der Waals surface area contributed by atoms with E-state index in [4.69, 9.17) is 0 Å². The fourth-order valence-electron chi connectivity index (χ4n) is 3.84. The van der Waals surface area contributed by atoms with Crippen molar-refractivity contribution in [3.63, 3.8) is 0 Å². The lowest BCUT2D eigenvalue weighted by molar-refractivity contribution is -0.122. The number of amides is 2. The Labute approximate surface area is 174 Å². The highest BCUT2D eigenvalue weighted by molar-refractivity contribution is 7.89. The molecule has 1 N–H and O–H groups in total. The Balaban J connectivity index is 1.47. The van der Waals surface area contributed by atoms with E-state index in [9.17, 15) is 22.4 Å². The molecule has 7 nitrogen and oxygen atoms in total. The number of nitrogens with zero attached hydrogens (tertiary/aromatic N) is 2. The number of sulfonamides is 1. The summed E-state index contributed by atoms with van der Waals surface area (Å²) in [4.78, 5) is 26.4. The number of nitrogens with one attached hydrogen (secondary N) is 1. The van der Waals surface area contributed by atoms with Crippen LogP contribution in [-0.2, 0) is 19.6 Å². The largest absolute Gasteiger partial charge is 0.326 e. The summed E-state index contributed by atoms with van der Waals surface area (Å²) in [6.45, 7) is 1.06. The first kappa shape index (κ1) is 20.5. The lowest BCUT2D eigenvalue weighted by atomic mass is 10.1. The number of benzene rings is 2. The van der Waals surface area contributed by atoms with E-state index >= 15 is 0 Å². The second-order valence-corrected chi connectivity index (χ2v) is 9.42. The molecule has 0 radical (unpaired) electrons. The number of rotatable bonds is 5. The molecule has 30 heavy (non-hydrogen) atoms. The summed E-state index contributed by atoms with van der Waals surface area (Å²) in [5.74, 6) is -1.91. The van der Waals surface area contributed by atoms with Crippen molar-refractivity contribution in [2.75, 3.05) is 29.9 Å². The molecule has 1 unspecified atom stereocenters. The fourth-order valence-corrected chi connectivity index (χ4v) is 5.41. The van der Waals surface area contributed by atoms with E-state index in [1.165, 1.54) is 39.5 Å². The smallest absolute Gasteiger partial charge is 0.243 e. The van der Waals surface area contributed by atoms with Gasteiger partial charge in [0.25, 0.3) is 0 Å². The Kier molecular flexibility index (Phi) is 5.57. The Bertz CT molecular complexity index is 1080. The number of para-hydroxylation sites is 1. The SMILES string of the molecule is O=C(Nc1cccc(S(=O)(=O)N2CCCC2)c1)C1CC(=O)N(c2ccccc2F)C1. The van der Waals surface area contributed by atoms with Gasteiger partial charge in [-0.1, -0.05) is 18.2 Å². The first-order valence-electron chi connectivity index (χ1n) is 9.82. The zero-order valence-corrected chi connectivity index (χ0v) is 17.1. The predicted octanol–water partition coefficient (Wildman–Crippen LogP) is 2.60. The maximum absolute atomic E-state index is 14.0. The quantitative estimate of drug-likeness (QED) is 0.789. The highest BCUT2D eigenvalue weighted by atomic mass is 32.2. The molecular formula is C21H22FN3O4S. The van der Waals surface area contributed by atoms with Gasteiger partial charge in [0.15, 0.2) is 0 Å². The van der Waals surface area contributed by atoms with Gasteiger partial charge < -0.3 is 10.2 Å². The van der Waals surface area contributed by atoms with Crippen LogP contribution in [0.3, 0.4) is 0 Å². The molecule has 158 valence electrons. The Hall–Kier alpha value is -2.78. The average molecular weight is 431 g/mol. The Morgan fingerprint density at radius 3 is 2.53 bits per heavy atom. The van der Waals surface area contributed by atoms with E-state index in [0.717, 1.165) is 12.8 Å². The summed E-state index contributed by atoms with van der Waals surface area (Å²) in [5, 5.41) is 2.70. The lowest BCUT2D eigenvalue weighted by Crippen LogP contribution is -2.29. The first-order valence-corrected chi connectivity index (χ1v) is 11.3.